The quantitative estimate of drug-likeness (QED) is 0.542. The molecular weight excluding hydrogens is 429 g/mol. The molecule has 3 aromatic rings. The van der Waals surface area contributed by atoms with Crippen LogP contribution in [0.5, 0.6) is 0 Å². The molecule has 2 heterocycles. The van der Waals surface area contributed by atoms with Gasteiger partial charge in [0, 0.05) is 25.0 Å². The second-order valence-corrected chi connectivity index (χ2v) is 8.08. The van der Waals surface area contributed by atoms with Crippen LogP contribution in [0.1, 0.15) is 39.6 Å². The van der Waals surface area contributed by atoms with E-state index in [4.69, 9.17) is 0 Å². The molecule has 5 nitrogen and oxygen atoms in total. The number of pyridine rings is 1. The van der Waals surface area contributed by atoms with Gasteiger partial charge in [-0.2, -0.15) is 18.4 Å². The van der Waals surface area contributed by atoms with Gasteiger partial charge in [0.1, 0.15) is 23.5 Å². The number of benzene rings is 2. The predicted molar refractivity (Wildman–Crippen MR) is 119 cm³/mol. The summed E-state index contributed by atoms with van der Waals surface area (Å²) in [5, 5.41) is 9.66. The summed E-state index contributed by atoms with van der Waals surface area (Å²) in [6.07, 6.45) is -4.72. The second-order valence-electron chi connectivity index (χ2n) is 8.08. The monoisotopic (exact) mass is 450 g/mol. The topological polar surface area (TPSA) is 60.2 Å². The van der Waals surface area contributed by atoms with Gasteiger partial charge in [-0.15, -0.1) is 0 Å². The molecule has 1 aliphatic rings. The van der Waals surface area contributed by atoms with Crippen molar-refractivity contribution in [1.82, 2.24) is 4.98 Å². The van der Waals surface area contributed by atoms with E-state index < -0.39 is 23.3 Å². The van der Waals surface area contributed by atoms with E-state index in [-0.39, 0.29) is 24.0 Å². The summed E-state index contributed by atoms with van der Waals surface area (Å²) in [6.45, 7) is 3.52. The number of aromatic nitrogens is 1. The fourth-order valence-electron chi connectivity index (χ4n) is 4.20. The van der Waals surface area contributed by atoms with Gasteiger partial charge in [0.2, 0.25) is 0 Å². The van der Waals surface area contributed by atoms with Crippen LogP contribution in [-0.4, -0.2) is 17.9 Å². The van der Waals surface area contributed by atoms with Gasteiger partial charge in [0.15, 0.2) is 0 Å². The molecule has 1 aliphatic heterocycles. The summed E-state index contributed by atoms with van der Waals surface area (Å²) in [5.41, 5.74) is 1.59. The number of likely N-dealkylation sites (N-methyl/N-ethyl adjacent to an activating group) is 1. The molecule has 0 unspecified atom stereocenters. The minimum absolute atomic E-state index is 0.116. The first-order valence-corrected chi connectivity index (χ1v) is 10.3. The Morgan fingerprint density at radius 3 is 2.55 bits per heavy atom. The Bertz CT molecular complexity index is 1280. The van der Waals surface area contributed by atoms with Crippen LogP contribution in [0.25, 0.3) is 0 Å². The maximum Gasteiger partial charge on any atom is 0.417 e. The summed E-state index contributed by atoms with van der Waals surface area (Å²) in [4.78, 5) is 21.0. The van der Waals surface area contributed by atoms with Crippen molar-refractivity contribution in [1.29, 1.82) is 5.26 Å². The zero-order valence-corrected chi connectivity index (χ0v) is 18.3. The number of rotatable bonds is 3. The van der Waals surface area contributed by atoms with Gasteiger partial charge >= 0.3 is 6.18 Å². The van der Waals surface area contributed by atoms with Crippen molar-refractivity contribution in [2.45, 2.75) is 32.6 Å². The number of alkyl halides is 3. The molecule has 2 aromatic carbocycles. The van der Waals surface area contributed by atoms with E-state index in [1.165, 1.54) is 16.7 Å². The highest BCUT2D eigenvalue weighted by Gasteiger charge is 2.42. The van der Waals surface area contributed by atoms with Crippen molar-refractivity contribution in [3.8, 4) is 6.07 Å². The average Bonchev–Trinajstić information content (AvgIpc) is 3.16. The lowest BCUT2D eigenvalue weighted by Crippen LogP contribution is -2.39. The summed E-state index contributed by atoms with van der Waals surface area (Å²) >= 11 is 0. The number of amides is 1. The molecule has 0 saturated heterocycles. The third-order valence-corrected chi connectivity index (χ3v) is 5.77. The molecule has 8 heteroatoms. The van der Waals surface area contributed by atoms with Crippen molar-refractivity contribution in [3.63, 3.8) is 0 Å². The summed E-state index contributed by atoms with van der Waals surface area (Å²) in [6, 6.07) is 16.2. The van der Waals surface area contributed by atoms with E-state index in [2.05, 4.69) is 4.98 Å². The van der Waals surface area contributed by atoms with Crippen LogP contribution in [0.15, 0.2) is 54.6 Å². The lowest BCUT2D eigenvalue weighted by atomic mass is 10.0. The molecule has 0 bridgehead atoms. The number of hydrogen-bond acceptors (Lipinski definition) is 4. The number of halogens is 3. The molecule has 33 heavy (non-hydrogen) atoms. The van der Waals surface area contributed by atoms with E-state index in [0.717, 1.165) is 17.2 Å². The third kappa shape index (κ3) is 4.02. The van der Waals surface area contributed by atoms with Gasteiger partial charge in [-0.3, -0.25) is 4.79 Å². The number of fused-ring (bicyclic) bond motifs is 1. The van der Waals surface area contributed by atoms with Gasteiger partial charge < -0.3 is 9.80 Å². The Hall–Kier alpha value is -3.86. The molecule has 0 saturated carbocycles. The van der Waals surface area contributed by atoms with Crippen molar-refractivity contribution in [2.24, 2.45) is 0 Å². The highest BCUT2D eigenvalue weighted by Crippen LogP contribution is 2.42. The lowest BCUT2D eigenvalue weighted by molar-refractivity contribution is -0.137. The molecule has 0 fully saturated rings. The number of aryl methyl sites for hydroxylation is 2. The highest BCUT2D eigenvalue weighted by molar-refractivity contribution is 6.00. The molecule has 0 radical (unpaired) electrons. The SMILES string of the molecule is Cc1cccc(N(C)C(=O)[C@H]2c3ccccc3CN2c2nc(C)cc(C(F)(F)F)c2C#N)c1. The first-order chi connectivity index (χ1) is 15.6. The molecule has 4 rings (SSSR count). The van der Waals surface area contributed by atoms with Gasteiger partial charge in [-0.25, -0.2) is 4.98 Å². The van der Waals surface area contributed by atoms with Crippen molar-refractivity contribution < 1.29 is 18.0 Å². The van der Waals surface area contributed by atoms with Gasteiger partial charge in [-0.05, 0) is 48.7 Å². The standard InChI is InChI=1S/C25H21F3N4O/c1-15-7-6-9-18(11-15)31(3)24(33)22-19-10-5-4-8-17(19)14-32(22)23-20(13-29)21(25(26,27)28)12-16(2)30-23/h4-12,22H,14H2,1-3H3/t22-/m1/s1. The Balaban J connectivity index is 1.87. The molecular formula is C25H21F3N4O. The van der Waals surface area contributed by atoms with E-state index in [9.17, 15) is 23.2 Å². The van der Waals surface area contributed by atoms with Crippen LogP contribution in [0.4, 0.5) is 24.7 Å². The highest BCUT2D eigenvalue weighted by atomic mass is 19.4. The largest absolute Gasteiger partial charge is 0.417 e. The van der Waals surface area contributed by atoms with E-state index in [0.29, 0.717) is 11.3 Å². The Kier molecular flexibility index (Phi) is 5.58. The normalized spacial score (nSPS) is 15.2. The average molecular weight is 450 g/mol. The van der Waals surface area contributed by atoms with Gasteiger partial charge in [0.25, 0.3) is 5.91 Å². The molecule has 1 atom stereocenters. The number of carbonyl (C=O) groups is 1. The Morgan fingerprint density at radius 1 is 1.15 bits per heavy atom. The second kappa shape index (κ2) is 8.24. The summed E-state index contributed by atoms with van der Waals surface area (Å²) < 4.78 is 41.1. The van der Waals surface area contributed by atoms with Crippen LogP contribution in [0, 0.1) is 25.2 Å². The maximum absolute atomic E-state index is 13.7. The minimum Gasteiger partial charge on any atom is -0.335 e. The Labute approximate surface area is 189 Å². The lowest BCUT2D eigenvalue weighted by Gasteiger charge is -2.30. The van der Waals surface area contributed by atoms with Gasteiger partial charge in [-0.1, -0.05) is 36.4 Å². The number of hydrogen-bond donors (Lipinski definition) is 0. The zero-order chi connectivity index (χ0) is 23.9. The molecule has 1 aromatic heterocycles. The summed E-state index contributed by atoms with van der Waals surface area (Å²) in [7, 11) is 1.63. The zero-order valence-electron chi connectivity index (χ0n) is 18.3. The summed E-state index contributed by atoms with van der Waals surface area (Å²) in [5.74, 6) is -0.469. The maximum atomic E-state index is 13.7. The number of nitrogens with zero attached hydrogens (tertiary/aromatic N) is 4. The molecule has 0 spiro atoms. The number of carbonyl (C=O) groups excluding carboxylic acids is 1. The molecule has 0 N–H and O–H groups in total. The number of nitriles is 1. The van der Waals surface area contributed by atoms with Crippen LogP contribution in [-0.2, 0) is 17.5 Å². The van der Waals surface area contributed by atoms with E-state index in [1.54, 1.807) is 31.3 Å². The fourth-order valence-corrected chi connectivity index (χ4v) is 4.20. The van der Waals surface area contributed by atoms with Crippen molar-refractivity contribution in [2.75, 3.05) is 16.8 Å². The minimum atomic E-state index is -4.72. The van der Waals surface area contributed by atoms with Crippen LogP contribution < -0.4 is 9.80 Å². The van der Waals surface area contributed by atoms with Crippen molar-refractivity contribution >= 4 is 17.4 Å². The smallest absolute Gasteiger partial charge is 0.335 e. The van der Waals surface area contributed by atoms with Crippen LogP contribution in [0.3, 0.4) is 0 Å². The van der Waals surface area contributed by atoms with Crippen LogP contribution >= 0.6 is 0 Å². The first-order valence-electron chi connectivity index (χ1n) is 10.3. The molecule has 0 aliphatic carbocycles. The number of anilines is 2. The predicted octanol–water partition coefficient (Wildman–Crippen LogP) is 5.31. The van der Waals surface area contributed by atoms with E-state index in [1.807, 2.05) is 37.3 Å². The van der Waals surface area contributed by atoms with Crippen LogP contribution in [0.2, 0.25) is 0 Å². The fraction of sp³-hybridized carbons (Fsp3) is 0.240. The first kappa shape index (κ1) is 22.3. The van der Waals surface area contributed by atoms with Crippen molar-refractivity contribution in [3.05, 3.63) is 88.1 Å². The third-order valence-electron chi connectivity index (χ3n) is 5.77. The molecule has 168 valence electrons. The molecule has 1 amide bonds. The van der Waals surface area contributed by atoms with Gasteiger partial charge in [0.05, 0.1) is 5.56 Å². The Morgan fingerprint density at radius 2 is 1.88 bits per heavy atom. The van der Waals surface area contributed by atoms with E-state index >= 15 is 0 Å².